The van der Waals surface area contributed by atoms with Gasteiger partial charge < -0.3 is 15.0 Å². The number of nitrogens with zero attached hydrogens (tertiary/aromatic N) is 5. The summed E-state index contributed by atoms with van der Waals surface area (Å²) in [5, 5.41) is 9.78. The third-order valence-electron chi connectivity index (χ3n) is 8.51. The van der Waals surface area contributed by atoms with Gasteiger partial charge in [-0.3, -0.25) is 14.4 Å². The predicted molar refractivity (Wildman–Crippen MR) is 142 cm³/mol. The fraction of sp³-hybridized carbons (Fsp3) is 0.519. The van der Waals surface area contributed by atoms with Crippen LogP contribution in [0.25, 0.3) is 10.8 Å². The Kier molecular flexibility index (Phi) is 6.12. The lowest BCUT2D eigenvalue weighted by Gasteiger charge is -2.44. The number of pyridine rings is 1. The van der Waals surface area contributed by atoms with Gasteiger partial charge in [-0.25, -0.2) is 9.37 Å². The van der Waals surface area contributed by atoms with Gasteiger partial charge in [-0.05, 0) is 42.0 Å². The fourth-order valence-corrected chi connectivity index (χ4v) is 6.34. The molecule has 2 saturated heterocycles. The molecular weight excluding hydrogens is 495 g/mol. The molecule has 1 aromatic carbocycles. The first-order valence-corrected chi connectivity index (χ1v) is 13.2. The summed E-state index contributed by atoms with van der Waals surface area (Å²) in [4.78, 5) is 21.9. The molecule has 1 amide bonds. The summed E-state index contributed by atoms with van der Waals surface area (Å²) in [7, 11) is 1.88. The Balaban J connectivity index is 1.16. The maximum atomic E-state index is 14.5. The second kappa shape index (κ2) is 9.22. The summed E-state index contributed by atoms with van der Waals surface area (Å²) in [5.41, 5.74) is 1.47. The minimum Gasteiger partial charge on any atom is -0.376 e. The van der Waals surface area contributed by atoms with Crippen LogP contribution < -0.4 is 10.2 Å². The number of hydrogen-bond acceptors (Lipinski definition) is 6. The standard InChI is InChI=1S/C27H32ClFN6O2/c1-16-24(19-12-31-33(3)13-19)25(16)26(36)32-23-10-17-9-21(20(28)8-18(17)11-30-23)34-4-6-35(7-5-34)27(2)15-37-14-22(27)29/h8-13,16,22,24-25H,4-7,14-15H2,1-3H3,(H,30,32,36)/t16-,22+,24-,25+,27-/m1/s1. The molecule has 0 radical (unpaired) electrons. The lowest BCUT2D eigenvalue weighted by molar-refractivity contribution is -0.117. The highest BCUT2D eigenvalue weighted by Gasteiger charge is 2.53. The predicted octanol–water partition coefficient (Wildman–Crippen LogP) is 3.86. The van der Waals surface area contributed by atoms with E-state index in [0.29, 0.717) is 17.4 Å². The topological polar surface area (TPSA) is 75.5 Å². The van der Waals surface area contributed by atoms with Crippen LogP contribution >= 0.6 is 11.6 Å². The SMILES string of the molecule is C[C@H]1[C@H](C(=O)Nc2cc3cc(N4CCN([C@]5(C)COC[C@@H]5F)CC4)c(Cl)cc3cn2)[C@H]1c1cnn(C)c1. The van der Waals surface area contributed by atoms with Crippen LogP contribution in [0, 0.1) is 11.8 Å². The van der Waals surface area contributed by atoms with Crippen molar-refractivity contribution in [2.75, 3.05) is 49.6 Å². The molecule has 1 aliphatic carbocycles. The molecule has 0 bridgehead atoms. The van der Waals surface area contributed by atoms with Crippen molar-refractivity contribution < 1.29 is 13.9 Å². The van der Waals surface area contributed by atoms with E-state index in [9.17, 15) is 9.18 Å². The van der Waals surface area contributed by atoms with Crippen LogP contribution in [0.3, 0.4) is 0 Å². The largest absolute Gasteiger partial charge is 0.376 e. The maximum absolute atomic E-state index is 14.5. The van der Waals surface area contributed by atoms with Gasteiger partial charge in [0.25, 0.3) is 0 Å². The molecule has 37 heavy (non-hydrogen) atoms. The molecule has 2 aromatic heterocycles. The molecule has 3 fully saturated rings. The quantitative estimate of drug-likeness (QED) is 0.544. The average molecular weight is 527 g/mol. The first-order valence-electron chi connectivity index (χ1n) is 12.8. The molecule has 3 aromatic rings. The van der Waals surface area contributed by atoms with Crippen LogP contribution in [0.4, 0.5) is 15.9 Å². The highest BCUT2D eigenvalue weighted by molar-refractivity contribution is 6.34. The number of amides is 1. The highest BCUT2D eigenvalue weighted by Crippen LogP contribution is 2.54. The molecule has 8 nitrogen and oxygen atoms in total. The van der Waals surface area contributed by atoms with Gasteiger partial charge in [0.15, 0.2) is 0 Å². The minimum atomic E-state index is -0.970. The molecule has 2 aliphatic heterocycles. The van der Waals surface area contributed by atoms with Crippen molar-refractivity contribution >= 4 is 39.8 Å². The van der Waals surface area contributed by atoms with Gasteiger partial charge in [-0.2, -0.15) is 5.10 Å². The Morgan fingerprint density at radius 2 is 1.97 bits per heavy atom. The van der Waals surface area contributed by atoms with E-state index >= 15 is 0 Å². The van der Waals surface area contributed by atoms with E-state index in [1.807, 2.05) is 38.5 Å². The van der Waals surface area contributed by atoms with Gasteiger partial charge in [0.1, 0.15) is 12.0 Å². The van der Waals surface area contributed by atoms with Crippen molar-refractivity contribution in [3.63, 3.8) is 0 Å². The van der Waals surface area contributed by atoms with E-state index in [2.05, 4.69) is 38.2 Å². The Morgan fingerprint density at radius 1 is 1.19 bits per heavy atom. The van der Waals surface area contributed by atoms with Crippen molar-refractivity contribution in [2.45, 2.75) is 31.5 Å². The van der Waals surface area contributed by atoms with E-state index < -0.39 is 11.7 Å². The third kappa shape index (κ3) is 4.36. The molecular formula is C27H32ClFN6O2. The minimum absolute atomic E-state index is 0.0194. The molecule has 0 spiro atoms. The number of carbonyl (C=O) groups is 1. The monoisotopic (exact) mass is 526 g/mol. The van der Waals surface area contributed by atoms with E-state index in [0.717, 1.165) is 48.2 Å². The van der Waals surface area contributed by atoms with Gasteiger partial charge in [0.2, 0.25) is 5.91 Å². The Hall–Kier alpha value is -2.75. The lowest BCUT2D eigenvalue weighted by atomic mass is 9.96. The Morgan fingerprint density at radius 3 is 2.65 bits per heavy atom. The summed E-state index contributed by atoms with van der Waals surface area (Å²) in [6.45, 7) is 7.62. The van der Waals surface area contributed by atoms with Crippen molar-refractivity contribution in [1.82, 2.24) is 19.7 Å². The number of aromatic nitrogens is 3. The van der Waals surface area contributed by atoms with Crippen molar-refractivity contribution in [3.05, 3.63) is 47.4 Å². The van der Waals surface area contributed by atoms with E-state index in [1.54, 1.807) is 10.9 Å². The van der Waals surface area contributed by atoms with Crippen molar-refractivity contribution in [2.24, 2.45) is 18.9 Å². The number of halogens is 2. The number of hydrogen-bond donors (Lipinski definition) is 1. The number of carbonyl (C=O) groups excluding carboxylic acids is 1. The summed E-state index contributed by atoms with van der Waals surface area (Å²) in [6.07, 6.45) is 4.59. The first-order chi connectivity index (χ1) is 17.7. The lowest BCUT2D eigenvalue weighted by Crippen LogP contribution is -2.59. The molecule has 3 aliphatic rings. The molecule has 10 heteroatoms. The Labute approximate surface area is 220 Å². The molecule has 4 heterocycles. The first kappa shape index (κ1) is 24.6. The normalized spacial score (nSPS) is 30.1. The van der Waals surface area contributed by atoms with Crippen molar-refractivity contribution in [1.29, 1.82) is 0 Å². The number of fused-ring (bicyclic) bond motifs is 1. The zero-order valence-corrected chi connectivity index (χ0v) is 22.1. The average Bonchev–Trinajstić information content (AvgIpc) is 3.15. The Bertz CT molecular complexity index is 1340. The van der Waals surface area contributed by atoms with Crippen LogP contribution in [0.2, 0.25) is 5.02 Å². The molecule has 0 unspecified atom stereocenters. The summed E-state index contributed by atoms with van der Waals surface area (Å²) in [6, 6.07) is 5.88. The summed E-state index contributed by atoms with van der Waals surface area (Å²) in [5.74, 6) is 0.870. The highest BCUT2D eigenvalue weighted by atomic mass is 35.5. The van der Waals surface area contributed by atoms with Gasteiger partial charge in [0, 0.05) is 62.8 Å². The number of rotatable bonds is 5. The van der Waals surface area contributed by atoms with Gasteiger partial charge in [-0.1, -0.05) is 18.5 Å². The third-order valence-corrected chi connectivity index (χ3v) is 8.81. The van der Waals surface area contributed by atoms with Crippen LogP contribution in [0.5, 0.6) is 0 Å². The maximum Gasteiger partial charge on any atom is 0.229 e. The molecule has 1 N–H and O–H groups in total. The molecule has 6 rings (SSSR count). The molecule has 1 saturated carbocycles. The number of piperazine rings is 1. The van der Waals surface area contributed by atoms with Crippen LogP contribution in [-0.4, -0.2) is 76.7 Å². The van der Waals surface area contributed by atoms with E-state index in [1.165, 1.54) is 0 Å². The number of alkyl halides is 1. The number of ether oxygens (including phenoxy) is 1. The van der Waals surface area contributed by atoms with Gasteiger partial charge in [-0.15, -0.1) is 0 Å². The van der Waals surface area contributed by atoms with Gasteiger partial charge in [0.05, 0.1) is 35.7 Å². The van der Waals surface area contributed by atoms with Gasteiger partial charge >= 0.3 is 0 Å². The summed E-state index contributed by atoms with van der Waals surface area (Å²) < 4.78 is 21.7. The summed E-state index contributed by atoms with van der Waals surface area (Å²) >= 11 is 6.68. The zero-order chi connectivity index (χ0) is 25.9. The van der Waals surface area contributed by atoms with E-state index in [-0.39, 0.29) is 30.3 Å². The number of anilines is 2. The number of benzene rings is 1. The smallest absolute Gasteiger partial charge is 0.229 e. The van der Waals surface area contributed by atoms with Crippen LogP contribution in [-0.2, 0) is 16.6 Å². The second-order valence-electron chi connectivity index (χ2n) is 10.9. The molecule has 5 atom stereocenters. The molecule has 196 valence electrons. The second-order valence-corrected chi connectivity index (χ2v) is 11.3. The fourth-order valence-electron chi connectivity index (χ4n) is 6.05. The number of aryl methyl sites for hydroxylation is 1. The van der Waals surface area contributed by atoms with Crippen molar-refractivity contribution in [3.8, 4) is 0 Å². The number of nitrogens with one attached hydrogen (secondary N) is 1. The van der Waals surface area contributed by atoms with Crippen LogP contribution in [0.15, 0.2) is 36.8 Å². The van der Waals surface area contributed by atoms with Crippen LogP contribution in [0.1, 0.15) is 25.3 Å². The van der Waals surface area contributed by atoms with E-state index in [4.69, 9.17) is 16.3 Å². The zero-order valence-electron chi connectivity index (χ0n) is 21.3.